The second kappa shape index (κ2) is 3.47. The molecule has 0 aromatic heterocycles. The Morgan fingerprint density at radius 1 is 1.53 bits per heavy atom. The van der Waals surface area contributed by atoms with Crippen LogP contribution in [0.3, 0.4) is 0 Å². The van der Waals surface area contributed by atoms with Gasteiger partial charge in [-0.25, -0.2) is 9.18 Å². The van der Waals surface area contributed by atoms with Crippen LogP contribution in [0.15, 0.2) is 0 Å². The van der Waals surface area contributed by atoms with E-state index in [0.717, 1.165) is 0 Å². The Bertz CT molecular complexity index is 298. The zero-order valence-electron chi connectivity index (χ0n) is 9.46. The van der Waals surface area contributed by atoms with Crippen LogP contribution in [0.25, 0.3) is 0 Å². The number of carbonyl (C=O) groups is 2. The Labute approximate surface area is 88.4 Å². The summed E-state index contributed by atoms with van der Waals surface area (Å²) in [5, 5.41) is 0. The van der Waals surface area contributed by atoms with Gasteiger partial charge in [-0.3, -0.25) is 4.79 Å². The number of amides is 1. The summed E-state index contributed by atoms with van der Waals surface area (Å²) < 4.78 is 18.9. The molecule has 1 atom stereocenters. The highest BCUT2D eigenvalue weighted by Gasteiger charge is 2.54. The largest absolute Gasteiger partial charge is 0.457 e. The van der Waals surface area contributed by atoms with E-state index in [1.54, 1.807) is 20.8 Å². The number of rotatable bonds is 1. The molecule has 86 valence electrons. The van der Waals surface area contributed by atoms with Crippen molar-refractivity contribution in [3.63, 3.8) is 0 Å². The molecule has 4 nitrogen and oxygen atoms in total. The minimum Gasteiger partial charge on any atom is -0.457 e. The number of ether oxygens (including phenoxy) is 1. The normalized spacial score (nSPS) is 27.0. The first kappa shape index (κ1) is 11.9. The van der Waals surface area contributed by atoms with Crippen molar-refractivity contribution in [3.05, 3.63) is 0 Å². The average molecular weight is 217 g/mol. The second-order valence-electron chi connectivity index (χ2n) is 4.78. The van der Waals surface area contributed by atoms with E-state index in [1.807, 2.05) is 0 Å². The van der Waals surface area contributed by atoms with Crippen molar-refractivity contribution in [1.29, 1.82) is 0 Å². The fourth-order valence-corrected chi connectivity index (χ4v) is 1.38. The van der Waals surface area contributed by atoms with Crippen LogP contribution >= 0.6 is 0 Å². The lowest BCUT2D eigenvalue weighted by molar-refractivity contribution is -0.172. The highest BCUT2D eigenvalue weighted by atomic mass is 19.1. The Hall–Kier alpha value is -1.13. The number of carbonyl (C=O) groups excluding carboxylic acids is 2. The summed E-state index contributed by atoms with van der Waals surface area (Å²) in [4.78, 5) is 24.1. The molecule has 15 heavy (non-hydrogen) atoms. The van der Waals surface area contributed by atoms with Gasteiger partial charge in [-0.05, 0) is 20.8 Å². The zero-order chi connectivity index (χ0) is 11.9. The number of halogens is 1. The van der Waals surface area contributed by atoms with Gasteiger partial charge in [0.2, 0.25) is 0 Å². The molecule has 0 radical (unpaired) electrons. The summed E-state index contributed by atoms with van der Waals surface area (Å²) in [6.45, 7) is 5.15. The van der Waals surface area contributed by atoms with Crippen LogP contribution in [-0.4, -0.2) is 41.6 Å². The fraction of sp³-hybridized carbons (Fsp3) is 0.800. The van der Waals surface area contributed by atoms with E-state index in [9.17, 15) is 14.0 Å². The standard InChI is InChI=1S/C10H16FNO3/c1-9(2,3)15-8(14)10(11)5-6-12(4)7(10)13/h5-6H2,1-4H3. The third-order valence-electron chi connectivity index (χ3n) is 2.20. The van der Waals surface area contributed by atoms with E-state index < -0.39 is 23.1 Å². The molecule has 1 saturated heterocycles. The van der Waals surface area contributed by atoms with Crippen molar-refractivity contribution >= 4 is 11.9 Å². The van der Waals surface area contributed by atoms with Gasteiger partial charge in [-0.15, -0.1) is 0 Å². The number of alkyl halides is 1. The molecule has 0 saturated carbocycles. The van der Waals surface area contributed by atoms with Crippen LogP contribution in [0.4, 0.5) is 4.39 Å². The highest BCUT2D eigenvalue weighted by molar-refractivity contribution is 6.07. The predicted molar refractivity (Wildman–Crippen MR) is 51.9 cm³/mol. The molecule has 1 rings (SSSR count). The summed E-state index contributed by atoms with van der Waals surface area (Å²) in [5.41, 5.74) is -3.26. The van der Waals surface area contributed by atoms with E-state index in [4.69, 9.17) is 4.74 Å². The summed E-state index contributed by atoms with van der Waals surface area (Å²) >= 11 is 0. The Balaban J connectivity index is 2.80. The van der Waals surface area contributed by atoms with Crippen molar-refractivity contribution in [3.8, 4) is 0 Å². The second-order valence-corrected chi connectivity index (χ2v) is 4.78. The minimum atomic E-state index is -2.48. The minimum absolute atomic E-state index is 0.128. The number of esters is 1. The lowest BCUT2D eigenvalue weighted by Crippen LogP contribution is -2.45. The molecule has 0 bridgehead atoms. The van der Waals surface area contributed by atoms with Crippen molar-refractivity contribution in [2.75, 3.05) is 13.6 Å². The summed E-state index contributed by atoms with van der Waals surface area (Å²) in [6, 6.07) is 0. The average Bonchev–Trinajstić information content (AvgIpc) is 2.31. The van der Waals surface area contributed by atoms with Gasteiger partial charge in [0.15, 0.2) is 0 Å². The van der Waals surface area contributed by atoms with Gasteiger partial charge in [-0.1, -0.05) is 0 Å². The topological polar surface area (TPSA) is 46.6 Å². The van der Waals surface area contributed by atoms with E-state index in [2.05, 4.69) is 0 Å². The lowest BCUT2D eigenvalue weighted by Gasteiger charge is -2.24. The third kappa shape index (κ3) is 2.27. The number of likely N-dealkylation sites (tertiary alicyclic amines) is 1. The first-order chi connectivity index (χ1) is 6.67. The molecule has 0 spiro atoms. The highest BCUT2D eigenvalue weighted by Crippen LogP contribution is 2.29. The summed E-state index contributed by atoms with van der Waals surface area (Å²) in [5.74, 6) is -1.89. The zero-order valence-corrected chi connectivity index (χ0v) is 9.46. The molecule has 1 heterocycles. The number of hydrogen-bond acceptors (Lipinski definition) is 3. The SMILES string of the molecule is CN1CCC(F)(C(=O)OC(C)(C)C)C1=O. The quantitative estimate of drug-likeness (QED) is 0.484. The predicted octanol–water partition coefficient (Wildman–Crippen LogP) is 0.899. The van der Waals surface area contributed by atoms with Gasteiger partial charge >= 0.3 is 5.97 Å². The van der Waals surface area contributed by atoms with E-state index in [1.165, 1.54) is 11.9 Å². The van der Waals surface area contributed by atoms with Gasteiger partial charge in [-0.2, -0.15) is 0 Å². The van der Waals surface area contributed by atoms with Crippen molar-refractivity contribution in [2.24, 2.45) is 0 Å². The third-order valence-corrected chi connectivity index (χ3v) is 2.20. The molecule has 1 fully saturated rings. The molecular formula is C10H16FNO3. The Morgan fingerprint density at radius 2 is 2.07 bits per heavy atom. The molecule has 1 aliphatic rings. The van der Waals surface area contributed by atoms with Crippen LogP contribution in [0.2, 0.25) is 0 Å². The maximum atomic E-state index is 14.0. The monoisotopic (exact) mass is 217 g/mol. The fourth-order valence-electron chi connectivity index (χ4n) is 1.38. The van der Waals surface area contributed by atoms with Crippen LogP contribution in [0.1, 0.15) is 27.2 Å². The maximum absolute atomic E-state index is 14.0. The molecule has 0 N–H and O–H groups in total. The molecule has 1 aliphatic heterocycles. The first-order valence-electron chi connectivity index (χ1n) is 4.85. The van der Waals surface area contributed by atoms with E-state index in [0.29, 0.717) is 0 Å². The molecule has 0 aliphatic carbocycles. The molecule has 5 heteroatoms. The first-order valence-corrected chi connectivity index (χ1v) is 4.85. The van der Waals surface area contributed by atoms with Crippen LogP contribution in [0, 0.1) is 0 Å². The number of nitrogens with zero attached hydrogens (tertiary/aromatic N) is 1. The van der Waals surface area contributed by atoms with E-state index >= 15 is 0 Å². The van der Waals surface area contributed by atoms with Gasteiger partial charge in [0.1, 0.15) is 5.60 Å². The van der Waals surface area contributed by atoms with Crippen LogP contribution in [-0.2, 0) is 14.3 Å². The molecule has 1 unspecified atom stereocenters. The molecule has 0 aromatic rings. The van der Waals surface area contributed by atoms with Crippen LogP contribution < -0.4 is 0 Å². The molecular weight excluding hydrogens is 201 g/mol. The summed E-state index contributed by atoms with van der Waals surface area (Å²) in [7, 11) is 1.47. The molecule has 0 aromatic carbocycles. The summed E-state index contributed by atoms with van der Waals surface area (Å²) in [6.07, 6.45) is -0.128. The van der Waals surface area contributed by atoms with Gasteiger partial charge < -0.3 is 9.64 Å². The Morgan fingerprint density at radius 3 is 2.40 bits per heavy atom. The van der Waals surface area contributed by atoms with Gasteiger partial charge in [0, 0.05) is 20.0 Å². The smallest absolute Gasteiger partial charge is 0.354 e. The number of hydrogen-bond donors (Lipinski definition) is 0. The van der Waals surface area contributed by atoms with Crippen molar-refractivity contribution < 1.29 is 18.7 Å². The van der Waals surface area contributed by atoms with Crippen molar-refractivity contribution in [2.45, 2.75) is 38.5 Å². The lowest BCUT2D eigenvalue weighted by atomic mass is 10.0. The van der Waals surface area contributed by atoms with Gasteiger partial charge in [0.25, 0.3) is 11.6 Å². The maximum Gasteiger partial charge on any atom is 0.354 e. The van der Waals surface area contributed by atoms with Gasteiger partial charge in [0.05, 0.1) is 0 Å². The van der Waals surface area contributed by atoms with E-state index in [-0.39, 0.29) is 13.0 Å². The van der Waals surface area contributed by atoms with Crippen molar-refractivity contribution in [1.82, 2.24) is 4.90 Å². The van der Waals surface area contributed by atoms with Crippen LogP contribution in [0.5, 0.6) is 0 Å². The Kier molecular flexibility index (Phi) is 2.76. The molecule has 1 amide bonds.